The number of hydrogen-bond acceptors (Lipinski definition) is 2. The highest BCUT2D eigenvalue weighted by Gasteiger charge is 2.21. The van der Waals surface area contributed by atoms with Gasteiger partial charge < -0.3 is 9.32 Å². The number of furan rings is 1. The Morgan fingerprint density at radius 2 is 0.722 bits per heavy atom. The second-order valence-electron chi connectivity index (χ2n) is 18.8. The second-order valence-corrected chi connectivity index (χ2v) is 18.8. The maximum absolute atomic E-state index is 6.68. The number of anilines is 3. The Morgan fingerprint density at radius 1 is 0.250 bits per heavy atom. The predicted octanol–water partition coefficient (Wildman–Crippen LogP) is 20.0. The van der Waals surface area contributed by atoms with Gasteiger partial charge in [0.2, 0.25) is 0 Å². The van der Waals surface area contributed by atoms with Crippen molar-refractivity contribution in [3.63, 3.8) is 0 Å². The second kappa shape index (κ2) is 17.2. The van der Waals surface area contributed by atoms with Crippen LogP contribution in [-0.4, -0.2) is 0 Å². The Kier molecular flexibility index (Phi) is 9.89. The zero-order valence-corrected chi connectivity index (χ0v) is 39.3. The molecule has 14 rings (SSSR count). The molecule has 2 heteroatoms. The van der Waals surface area contributed by atoms with Crippen LogP contribution in [0.2, 0.25) is 0 Å². The van der Waals surface area contributed by atoms with Gasteiger partial charge in [0.15, 0.2) is 0 Å². The van der Waals surface area contributed by atoms with Crippen LogP contribution < -0.4 is 4.90 Å². The summed E-state index contributed by atoms with van der Waals surface area (Å²) in [4.78, 5) is 2.41. The molecule has 1 aromatic heterocycles. The normalized spacial score (nSPS) is 11.6. The average Bonchev–Trinajstić information content (AvgIpc) is 3.85. The summed E-state index contributed by atoms with van der Waals surface area (Å²) in [5.74, 6) is 0. The summed E-state index contributed by atoms with van der Waals surface area (Å²) in [6, 6.07) is 99.4. The van der Waals surface area contributed by atoms with E-state index < -0.39 is 0 Å². The number of rotatable bonds is 8. The third kappa shape index (κ3) is 7.03. The van der Waals surface area contributed by atoms with Crippen LogP contribution in [0.4, 0.5) is 17.1 Å². The first-order chi connectivity index (χ1) is 35.7. The zero-order chi connectivity index (χ0) is 47.5. The lowest BCUT2D eigenvalue weighted by molar-refractivity contribution is 0.673. The predicted molar refractivity (Wildman–Crippen MR) is 306 cm³/mol. The molecule has 0 saturated heterocycles. The molecule has 0 atom stereocenters. The standard InChI is InChI=1S/C70H45NO/c1-3-19-48(20-4-1)67-63-32-12-11-31-61(63)62-39-38-54(45-65(62)68(67)49-21-5-2-6-22-49)52-25-14-28-57(43-52)71(56-27-13-24-51(42-56)53-36-35-46-17-7-8-23-50(46)41-53)58-29-15-26-55(44-58)59-33-16-34-66-69(59)64-40-37-47-18-9-10-30-60(47)70(64)72-66/h1-45H. The van der Waals surface area contributed by atoms with Crippen molar-refractivity contribution in [3.05, 3.63) is 273 Å². The molecule has 0 aliphatic heterocycles. The van der Waals surface area contributed by atoms with Gasteiger partial charge in [-0.25, -0.2) is 0 Å². The van der Waals surface area contributed by atoms with E-state index in [2.05, 4.69) is 278 Å². The average molecular weight is 916 g/mol. The quantitative estimate of drug-likeness (QED) is 0.141. The molecule has 0 aliphatic carbocycles. The summed E-state index contributed by atoms with van der Waals surface area (Å²) >= 11 is 0. The maximum Gasteiger partial charge on any atom is 0.143 e. The fraction of sp³-hybridized carbons (Fsp3) is 0. The lowest BCUT2D eigenvalue weighted by Crippen LogP contribution is -2.10. The third-order valence-electron chi connectivity index (χ3n) is 14.6. The SMILES string of the molecule is c1ccc(-c2c(-c3ccccc3)c3cc(-c4cccc(N(c5cccc(-c6ccc7ccccc7c6)c5)c5cccc(-c6cccc7oc8c9ccccc9ccc8c67)c5)c4)ccc3c3ccccc23)cc1. The van der Waals surface area contributed by atoms with Crippen LogP contribution in [0.5, 0.6) is 0 Å². The van der Waals surface area contributed by atoms with E-state index >= 15 is 0 Å². The summed E-state index contributed by atoms with van der Waals surface area (Å²) in [6.45, 7) is 0. The fourth-order valence-electron chi connectivity index (χ4n) is 11.3. The number of fused-ring (bicyclic) bond motifs is 9. The molecule has 0 spiro atoms. The van der Waals surface area contributed by atoms with Crippen LogP contribution in [0.3, 0.4) is 0 Å². The molecule has 0 aliphatic rings. The van der Waals surface area contributed by atoms with Gasteiger partial charge in [0.1, 0.15) is 11.2 Å². The van der Waals surface area contributed by atoms with Crippen LogP contribution in [0, 0.1) is 0 Å². The van der Waals surface area contributed by atoms with E-state index in [1.807, 2.05) is 0 Å². The third-order valence-corrected chi connectivity index (χ3v) is 14.6. The van der Waals surface area contributed by atoms with E-state index in [1.54, 1.807) is 0 Å². The minimum Gasteiger partial charge on any atom is -0.455 e. The van der Waals surface area contributed by atoms with Crippen molar-refractivity contribution in [2.24, 2.45) is 0 Å². The van der Waals surface area contributed by atoms with Gasteiger partial charge in [0, 0.05) is 33.2 Å². The van der Waals surface area contributed by atoms with E-state index in [-0.39, 0.29) is 0 Å². The van der Waals surface area contributed by atoms with E-state index in [9.17, 15) is 0 Å². The van der Waals surface area contributed by atoms with Crippen molar-refractivity contribution in [2.45, 2.75) is 0 Å². The van der Waals surface area contributed by atoms with E-state index in [0.29, 0.717) is 0 Å². The van der Waals surface area contributed by atoms with Crippen molar-refractivity contribution in [1.29, 1.82) is 0 Å². The van der Waals surface area contributed by atoms with Crippen molar-refractivity contribution in [1.82, 2.24) is 0 Å². The van der Waals surface area contributed by atoms with Crippen LogP contribution in [-0.2, 0) is 0 Å². The molecule has 336 valence electrons. The van der Waals surface area contributed by atoms with E-state index in [0.717, 1.165) is 72.2 Å². The van der Waals surface area contributed by atoms with E-state index in [1.165, 1.54) is 65.5 Å². The highest BCUT2D eigenvalue weighted by molar-refractivity contribution is 6.22. The van der Waals surface area contributed by atoms with Gasteiger partial charge in [-0.2, -0.15) is 0 Å². The van der Waals surface area contributed by atoms with Gasteiger partial charge in [-0.1, -0.05) is 212 Å². The van der Waals surface area contributed by atoms with Gasteiger partial charge in [-0.15, -0.1) is 0 Å². The molecule has 13 aromatic carbocycles. The van der Waals surface area contributed by atoms with Gasteiger partial charge in [0.25, 0.3) is 0 Å². The molecule has 14 aromatic rings. The minimum absolute atomic E-state index is 0.881. The molecule has 0 unspecified atom stereocenters. The highest BCUT2D eigenvalue weighted by Crippen LogP contribution is 2.47. The number of hydrogen-bond donors (Lipinski definition) is 0. The first-order valence-corrected chi connectivity index (χ1v) is 24.7. The Morgan fingerprint density at radius 3 is 1.43 bits per heavy atom. The van der Waals surface area contributed by atoms with Gasteiger partial charge >= 0.3 is 0 Å². The molecule has 1 heterocycles. The van der Waals surface area contributed by atoms with Crippen LogP contribution in [0.15, 0.2) is 277 Å². The van der Waals surface area contributed by atoms with Gasteiger partial charge in [-0.3, -0.25) is 0 Å². The molecule has 0 saturated carbocycles. The first kappa shape index (κ1) is 41.5. The van der Waals surface area contributed by atoms with Gasteiger partial charge in [-0.05, 0) is 154 Å². The Bertz CT molecular complexity index is 4400. The molecule has 0 radical (unpaired) electrons. The number of benzene rings is 13. The first-order valence-electron chi connectivity index (χ1n) is 24.7. The summed E-state index contributed by atoms with van der Waals surface area (Å²) in [5.41, 5.74) is 16.8. The van der Waals surface area contributed by atoms with Crippen LogP contribution >= 0.6 is 0 Å². The molecule has 0 N–H and O–H groups in total. The molecule has 72 heavy (non-hydrogen) atoms. The summed E-state index contributed by atoms with van der Waals surface area (Å²) in [6.07, 6.45) is 0. The highest BCUT2D eigenvalue weighted by atomic mass is 16.3. The number of nitrogens with zero attached hydrogens (tertiary/aromatic N) is 1. The van der Waals surface area contributed by atoms with E-state index in [4.69, 9.17) is 4.42 Å². The van der Waals surface area contributed by atoms with Crippen LogP contribution in [0.25, 0.3) is 121 Å². The van der Waals surface area contributed by atoms with Crippen molar-refractivity contribution >= 4 is 82.1 Å². The zero-order valence-electron chi connectivity index (χ0n) is 39.3. The molecular formula is C70H45NO. The van der Waals surface area contributed by atoms with Crippen LogP contribution in [0.1, 0.15) is 0 Å². The lowest BCUT2D eigenvalue weighted by Gasteiger charge is -2.27. The largest absolute Gasteiger partial charge is 0.455 e. The monoisotopic (exact) mass is 915 g/mol. The Balaban J connectivity index is 0.958. The Hall–Kier alpha value is -9.50. The summed E-state index contributed by atoms with van der Waals surface area (Å²) < 4.78 is 6.68. The molecule has 2 nitrogen and oxygen atoms in total. The van der Waals surface area contributed by atoms with Gasteiger partial charge in [0.05, 0.1) is 0 Å². The lowest BCUT2D eigenvalue weighted by atomic mass is 9.84. The molecular weight excluding hydrogens is 871 g/mol. The van der Waals surface area contributed by atoms with Crippen molar-refractivity contribution in [3.8, 4) is 55.6 Å². The smallest absolute Gasteiger partial charge is 0.143 e. The summed E-state index contributed by atoms with van der Waals surface area (Å²) in [5, 5.41) is 11.9. The summed E-state index contributed by atoms with van der Waals surface area (Å²) in [7, 11) is 0. The topological polar surface area (TPSA) is 16.4 Å². The molecule has 0 amide bonds. The maximum atomic E-state index is 6.68. The molecule has 0 bridgehead atoms. The fourth-order valence-corrected chi connectivity index (χ4v) is 11.3. The Labute approximate surface area is 417 Å². The minimum atomic E-state index is 0.881. The van der Waals surface area contributed by atoms with Crippen molar-refractivity contribution < 1.29 is 4.42 Å². The molecule has 0 fully saturated rings. The van der Waals surface area contributed by atoms with Crippen molar-refractivity contribution in [2.75, 3.05) is 4.90 Å².